The molecule has 1 atom stereocenters. The molecule has 3 aromatic rings. The fraction of sp³-hybridized carbons (Fsp3) is 0.389. The summed E-state index contributed by atoms with van der Waals surface area (Å²) in [6.45, 7) is 1.99. The van der Waals surface area contributed by atoms with Gasteiger partial charge in [-0.1, -0.05) is 12.1 Å². The molecule has 1 fully saturated rings. The van der Waals surface area contributed by atoms with E-state index >= 15 is 0 Å². The quantitative estimate of drug-likeness (QED) is 0.657. The molecule has 1 amide bonds. The molecule has 0 spiro atoms. The molecular weight excluding hydrogens is 381 g/mol. The van der Waals surface area contributed by atoms with Gasteiger partial charge in [0.1, 0.15) is 11.9 Å². The summed E-state index contributed by atoms with van der Waals surface area (Å²) in [7, 11) is 1.60. The Hall–Kier alpha value is -3.18. The number of nitrogens with one attached hydrogen (secondary N) is 1. The van der Waals surface area contributed by atoms with E-state index in [0.29, 0.717) is 48.9 Å². The number of carbonyl (C=O) groups is 1. The third-order valence-electron chi connectivity index (χ3n) is 4.59. The van der Waals surface area contributed by atoms with Gasteiger partial charge in [0.2, 0.25) is 5.82 Å². The first-order valence-corrected chi connectivity index (χ1v) is 9.12. The molecule has 152 valence electrons. The second-order valence-corrected chi connectivity index (χ2v) is 6.52. The third-order valence-corrected chi connectivity index (χ3v) is 4.59. The van der Waals surface area contributed by atoms with Gasteiger partial charge in [-0.05, 0) is 17.3 Å². The van der Waals surface area contributed by atoms with Crippen molar-refractivity contribution < 1.29 is 18.7 Å². The number of halogens is 1. The first-order chi connectivity index (χ1) is 14.2. The summed E-state index contributed by atoms with van der Waals surface area (Å²) in [6.07, 6.45) is 0.972. The zero-order valence-electron chi connectivity index (χ0n) is 15.8. The van der Waals surface area contributed by atoms with Crippen LogP contribution in [0.2, 0.25) is 0 Å². The molecule has 0 aliphatic carbocycles. The SMILES string of the molecule is COCCn1nnc(C2CN(C(=O)c3cn[nH]c3-c3cccc(F)c3)CCO2)n1. The Morgan fingerprint density at radius 3 is 3.17 bits per heavy atom. The average Bonchev–Trinajstić information content (AvgIpc) is 3.41. The van der Waals surface area contributed by atoms with Crippen molar-refractivity contribution in [2.24, 2.45) is 0 Å². The molecule has 11 heteroatoms. The van der Waals surface area contributed by atoms with E-state index in [0.717, 1.165) is 0 Å². The lowest BCUT2D eigenvalue weighted by Crippen LogP contribution is -2.42. The van der Waals surface area contributed by atoms with E-state index in [1.165, 1.54) is 23.1 Å². The van der Waals surface area contributed by atoms with Crippen LogP contribution in [-0.4, -0.2) is 74.6 Å². The van der Waals surface area contributed by atoms with Crippen LogP contribution in [0, 0.1) is 5.82 Å². The molecule has 1 aliphatic heterocycles. The van der Waals surface area contributed by atoms with Gasteiger partial charge in [-0.3, -0.25) is 9.89 Å². The summed E-state index contributed by atoms with van der Waals surface area (Å²) in [4.78, 5) is 16.2. The lowest BCUT2D eigenvalue weighted by atomic mass is 10.1. The lowest BCUT2D eigenvalue weighted by Gasteiger charge is -2.31. The van der Waals surface area contributed by atoms with Crippen LogP contribution in [0.15, 0.2) is 30.5 Å². The number of tetrazole rings is 1. The van der Waals surface area contributed by atoms with Crippen LogP contribution < -0.4 is 0 Å². The minimum Gasteiger partial charge on any atom is -0.383 e. The number of methoxy groups -OCH3 is 1. The number of amides is 1. The minimum absolute atomic E-state index is 0.224. The number of aromatic amines is 1. The number of hydrogen-bond acceptors (Lipinski definition) is 7. The highest BCUT2D eigenvalue weighted by molar-refractivity contribution is 5.99. The normalized spacial score (nSPS) is 16.9. The van der Waals surface area contributed by atoms with E-state index in [1.54, 1.807) is 24.1 Å². The van der Waals surface area contributed by atoms with Crippen LogP contribution >= 0.6 is 0 Å². The summed E-state index contributed by atoms with van der Waals surface area (Å²) in [6, 6.07) is 6.01. The van der Waals surface area contributed by atoms with Crippen LogP contribution in [0.5, 0.6) is 0 Å². The number of rotatable bonds is 6. The zero-order chi connectivity index (χ0) is 20.2. The maximum atomic E-state index is 13.6. The first-order valence-electron chi connectivity index (χ1n) is 9.12. The fourth-order valence-corrected chi connectivity index (χ4v) is 3.12. The zero-order valence-corrected chi connectivity index (χ0v) is 15.8. The van der Waals surface area contributed by atoms with E-state index in [-0.39, 0.29) is 18.3 Å². The maximum absolute atomic E-state index is 13.6. The Morgan fingerprint density at radius 2 is 2.34 bits per heavy atom. The number of ether oxygens (including phenoxy) is 2. The van der Waals surface area contributed by atoms with Gasteiger partial charge in [0.05, 0.1) is 43.8 Å². The summed E-state index contributed by atoms with van der Waals surface area (Å²) in [5, 5.41) is 19.1. The smallest absolute Gasteiger partial charge is 0.257 e. The number of nitrogens with zero attached hydrogens (tertiary/aromatic N) is 6. The number of H-pyrrole nitrogens is 1. The van der Waals surface area contributed by atoms with Gasteiger partial charge in [0.15, 0.2) is 0 Å². The van der Waals surface area contributed by atoms with Gasteiger partial charge in [-0.25, -0.2) is 4.39 Å². The molecule has 3 heterocycles. The fourth-order valence-electron chi connectivity index (χ4n) is 3.12. The molecule has 1 aliphatic rings. The Morgan fingerprint density at radius 1 is 1.45 bits per heavy atom. The number of hydrogen-bond donors (Lipinski definition) is 1. The number of benzene rings is 1. The standard InChI is InChI=1S/C18H20FN7O3/c1-28-7-6-26-23-17(22-24-26)15-11-25(5-8-29-15)18(27)14-10-20-21-16(14)12-3-2-4-13(19)9-12/h2-4,9-10,15H,5-8,11H2,1H3,(H,20,21). The Kier molecular flexibility index (Phi) is 5.58. The predicted octanol–water partition coefficient (Wildman–Crippen LogP) is 1.06. The minimum atomic E-state index is -0.478. The summed E-state index contributed by atoms with van der Waals surface area (Å²) in [5.41, 5.74) is 1.40. The number of aromatic nitrogens is 6. The van der Waals surface area contributed by atoms with Crippen LogP contribution in [-0.2, 0) is 16.0 Å². The molecule has 4 rings (SSSR count). The highest BCUT2D eigenvalue weighted by Crippen LogP contribution is 2.25. The van der Waals surface area contributed by atoms with Crippen LogP contribution in [0.4, 0.5) is 4.39 Å². The number of morpholine rings is 1. The van der Waals surface area contributed by atoms with Crippen molar-refractivity contribution in [2.75, 3.05) is 33.4 Å². The molecule has 1 saturated heterocycles. The Balaban J connectivity index is 1.50. The molecule has 29 heavy (non-hydrogen) atoms. The van der Waals surface area contributed by atoms with Gasteiger partial charge >= 0.3 is 0 Å². The third kappa shape index (κ3) is 4.15. The van der Waals surface area contributed by atoms with Crippen molar-refractivity contribution in [1.29, 1.82) is 0 Å². The highest BCUT2D eigenvalue weighted by atomic mass is 19.1. The Bertz CT molecular complexity index is 989. The van der Waals surface area contributed by atoms with Gasteiger partial charge < -0.3 is 14.4 Å². The molecule has 1 unspecified atom stereocenters. The van der Waals surface area contributed by atoms with Crippen molar-refractivity contribution in [1.82, 2.24) is 35.3 Å². The molecule has 1 aromatic carbocycles. The van der Waals surface area contributed by atoms with E-state index in [2.05, 4.69) is 25.6 Å². The molecule has 1 N–H and O–H groups in total. The molecular formula is C18H20FN7O3. The molecule has 0 saturated carbocycles. The average molecular weight is 401 g/mol. The number of carbonyl (C=O) groups excluding carboxylic acids is 1. The summed E-state index contributed by atoms with van der Waals surface area (Å²) in [5.74, 6) is -0.196. The van der Waals surface area contributed by atoms with Crippen LogP contribution in [0.25, 0.3) is 11.3 Å². The van der Waals surface area contributed by atoms with Crippen molar-refractivity contribution in [3.8, 4) is 11.3 Å². The topological polar surface area (TPSA) is 111 Å². The van der Waals surface area contributed by atoms with Crippen molar-refractivity contribution in [3.63, 3.8) is 0 Å². The molecule has 0 bridgehead atoms. The monoisotopic (exact) mass is 401 g/mol. The predicted molar refractivity (Wildman–Crippen MR) is 98.3 cm³/mol. The van der Waals surface area contributed by atoms with E-state index in [9.17, 15) is 9.18 Å². The highest BCUT2D eigenvalue weighted by Gasteiger charge is 2.30. The van der Waals surface area contributed by atoms with Crippen molar-refractivity contribution in [2.45, 2.75) is 12.6 Å². The molecule has 0 radical (unpaired) electrons. The lowest BCUT2D eigenvalue weighted by molar-refractivity contribution is -0.0269. The van der Waals surface area contributed by atoms with Crippen molar-refractivity contribution >= 4 is 5.91 Å². The molecule has 2 aromatic heterocycles. The molecule has 10 nitrogen and oxygen atoms in total. The second-order valence-electron chi connectivity index (χ2n) is 6.52. The Labute approximate surface area is 165 Å². The van der Waals surface area contributed by atoms with Gasteiger partial charge in [0.25, 0.3) is 5.91 Å². The van der Waals surface area contributed by atoms with E-state index in [1.807, 2.05) is 0 Å². The van der Waals surface area contributed by atoms with Gasteiger partial charge in [0, 0.05) is 19.2 Å². The van der Waals surface area contributed by atoms with E-state index < -0.39 is 6.10 Å². The second kappa shape index (κ2) is 8.45. The van der Waals surface area contributed by atoms with Crippen LogP contribution in [0.3, 0.4) is 0 Å². The maximum Gasteiger partial charge on any atom is 0.257 e. The van der Waals surface area contributed by atoms with Gasteiger partial charge in [-0.15, -0.1) is 10.2 Å². The summed E-state index contributed by atoms with van der Waals surface area (Å²) >= 11 is 0. The largest absolute Gasteiger partial charge is 0.383 e. The van der Waals surface area contributed by atoms with E-state index in [4.69, 9.17) is 9.47 Å². The summed E-state index contributed by atoms with van der Waals surface area (Å²) < 4.78 is 24.3. The van der Waals surface area contributed by atoms with Crippen LogP contribution in [0.1, 0.15) is 22.3 Å². The van der Waals surface area contributed by atoms with Gasteiger partial charge in [-0.2, -0.15) is 9.90 Å². The first kappa shape index (κ1) is 19.2. The van der Waals surface area contributed by atoms with Crippen molar-refractivity contribution in [3.05, 3.63) is 47.7 Å².